The first-order valence-corrected chi connectivity index (χ1v) is 23.6. The number of aromatic nitrogens is 2. The fraction of sp³-hybridized carbons (Fsp3) is 0.463. The van der Waals surface area contributed by atoms with Gasteiger partial charge in [-0.2, -0.15) is 5.10 Å². The standard InChI is InChI=1S/C54H60FN5O5/c1-4-24-54(65)25-23-46-43-20-16-37-33-39(61)19-21-40(37)50(43)45(34-53(46,54)2)36-14-17-38(18-15-36)58(3)26-9-5-6-12-49(62)59-27-29-60(30-28-59)52(64)44-31-35(13-22-47(44)55)32-48-41-10-7-8-11-42(41)51(63)57-56-48/h7-8,10-11,13-15,17-18,22,31,33,43,45-46,65H,5-6,9,12,16,19-21,23,25-30,32,34H2,1-3H3,(H,57,63)/t43-,45+,46-,53-,54-/m0/s1. The molecule has 3 fully saturated rings. The number of carbonyl (C=O) groups is 3. The molecule has 10 nitrogen and oxygen atoms in total. The Morgan fingerprint density at radius 2 is 1.69 bits per heavy atom. The summed E-state index contributed by atoms with van der Waals surface area (Å²) in [5.74, 6) is 6.56. The number of hydrogen-bond donors (Lipinski definition) is 2. The highest BCUT2D eigenvalue weighted by atomic mass is 19.1. The number of carbonyl (C=O) groups excluding carboxylic acids is 3. The molecule has 338 valence electrons. The fourth-order valence-electron chi connectivity index (χ4n) is 12.1. The molecule has 2 amide bonds. The molecule has 0 radical (unpaired) electrons. The maximum Gasteiger partial charge on any atom is 0.272 e. The fourth-order valence-corrected chi connectivity index (χ4v) is 12.1. The molecule has 2 saturated carbocycles. The molecule has 0 unspecified atom stereocenters. The number of H-pyrrole nitrogens is 1. The van der Waals surface area contributed by atoms with Gasteiger partial charge in [0.25, 0.3) is 11.5 Å². The molecule has 5 aliphatic rings. The maximum absolute atomic E-state index is 15.1. The first-order chi connectivity index (χ1) is 31.4. The lowest BCUT2D eigenvalue weighted by Gasteiger charge is -2.53. The largest absolute Gasteiger partial charge is 0.377 e. The van der Waals surface area contributed by atoms with E-state index in [4.69, 9.17) is 0 Å². The number of ketones is 1. The number of halogens is 1. The quantitative estimate of drug-likeness (QED) is 0.115. The van der Waals surface area contributed by atoms with Gasteiger partial charge in [0.1, 0.15) is 11.4 Å². The number of amides is 2. The van der Waals surface area contributed by atoms with Crippen molar-refractivity contribution in [1.82, 2.24) is 20.0 Å². The predicted molar refractivity (Wildman–Crippen MR) is 251 cm³/mol. The van der Waals surface area contributed by atoms with Crippen LogP contribution in [0.25, 0.3) is 10.8 Å². The number of piperazine rings is 1. The van der Waals surface area contributed by atoms with E-state index < -0.39 is 17.3 Å². The average Bonchev–Trinajstić information content (AvgIpc) is 3.58. The van der Waals surface area contributed by atoms with Crippen LogP contribution in [0.5, 0.6) is 0 Å². The third kappa shape index (κ3) is 8.46. The molecule has 0 bridgehead atoms. The van der Waals surface area contributed by atoms with Crippen molar-refractivity contribution in [3.05, 3.63) is 128 Å². The Hall–Kier alpha value is -5.86. The number of unbranched alkanes of at least 4 members (excludes halogenated alkanes) is 2. The zero-order valence-electron chi connectivity index (χ0n) is 37.9. The number of anilines is 1. The molecule has 1 saturated heterocycles. The number of allylic oxidation sites excluding steroid dienone is 4. The van der Waals surface area contributed by atoms with Gasteiger partial charge in [0.15, 0.2) is 5.78 Å². The highest BCUT2D eigenvalue weighted by Gasteiger charge is 2.62. The van der Waals surface area contributed by atoms with Gasteiger partial charge < -0.3 is 19.8 Å². The Kier molecular flexibility index (Phi) is 12.4. The van der Waals surface area contributed by atoms with Crippen LogP contribution in [0.4, 0.5) is 10.1 Å². The molecule has 2 heterocycles. The van der Waals surface area contributed by atoms with Crippen molar-refractivity contribution in [2.75, 3.05) is 44.7 Å². The van der Waals surface area contributed by atoms with Gasteiger partial charge >= 0.3 is 0 Å². The van der Waals surface area contributed by atoms with Crippen LogP contribution in [0.1, 0.15) is 118 Å². The third-order valence-electron chi connectivity index (χ3n) is 15.7. The van der Waals surface area contributed by atoms with Gasteiger partial charge in [-0.1, -0.05) is 61.2 Å². The Morgan fingerprint density at radius 3 is 2.46 bits per heavy atom. The normalized spacial score (nSPS) is 25.0. The van der Waals surface area contributed by atoms with Crippen LogP contribution in [0.3, 0.4) is 0 Å². The lowest BCUT2D eigenvalue weighted by atomic mass is 9.51. The molecule has 4 aliphatic carbocycles. The smallest absolute Gasteiger partial charge is 0.272 e. The minimum Gasteiger partial charge on any atom is -0.377 e. The molecule has 1 aliphatic heterocycles. The van der Waals surface area contributed by atoms with E-state index in [1.165, 1.54) is 28.3 Å². The van der Waals surface area contributed by atoms with Gasteiger partial charge in [-0.15, -0.1) is 5.92 Å². The molecule has 3 aromatic carbocycles. The lowest BCUT2D eigenvalue weighted by Crippen LogP contribution is -2.51. The molecule has 1 aromatic heterocycles. The van der Waals surface area contributed by atoms with E-state index in [-0.39, 0.29) is 34.1 Å². The second-order valence-corrected chi connectivity index (χ2v) is 19.3. The van der Waals surface area contributed by atoms with Gasteiger partial charge in [-0.25, -0.2) is 9.49 Å². The maximum atomic E-state index is 15.1. The van der Waals surface area contributed by atoms with Crippen LogP contribution in [0.15, 0.2) is 94.3 Å². The molecular formula is C54H60FN5O5. The number of fused-ring (bicyclic) bond motifs is 5. The van der Waals surface area contributed by atoms with Gasteiger partial charge in [0, 0.05) is 81.4 Å². The molecule has 2 N–H and O–H groups in total. The molecule has 65 heavy (non-hydrogen) atoms. The lowest BCUT2D eigenvalue weighted by molar-refractivity contribution is -0.132. The van der Waals surface area contributed by atoms with Crippen LogP contribution in [-0.4, -0.2) is 88.1 Å². The summed E-state index contributed by atoms with van der Waals surface area (Å²) in [6.45, 7) is 6.44. The summed E-state index contributed by atoms with van der Waals surface area (Å²) in [7, 11) is 2.11. The second kappa shape index (κ2) is 18.2. The number of nitrogens with one attached hydrogen (secondary N) is 1. The zero-order chi connectivity index (χ0) is 45.5. The van der Waals surface area contributed by atoms with Crippen molar-refractivity contribution in [2.45, 2.75) is 102 Å². The summed E-state index contributed by atoms with van der Waals surface area (Å²) in [5.41, 5.74) is 6.29. The van der Waals surface area contributed by atoms with E-state index in [2.05, 4.69) is 65.2 Å². The number of rotatable bonds is 11. The van der Waals surface area contributed by atoms with E-state index in [9.17, 15) is 24.3 Å². The highest BCUT2D eigenvalue weighted by Crippen LogP contribution is 2.66. The summed E-state index contributed by atoms with van der Waals surface area (Å²) in [5, 5.41) is 20.0. The topological polar surface area (TPSA) is 127 Å². The van der Waals surface area contributed by atoms with Gasteiger partial charge in [-0.05, 0) is 129 Å². The van der Waals surface area contributed by atoms with Crippen LogP contribution in [0, 0.1) is 34.9 Å². The first-order valence-electron chi connectivity index (χ1n) is 23.6. The molecule has 0 spiro atoms. The van der Waals surface area contributed by atoms with Crippen LogP contribution in [-0.2, 0) is 16.0 Å². The number of benzene rings is 3. The Bertz CT molecular complexity index is 2700. The molecule has 9 rings (SSSR count). The molecule has 4 aromatic rings. The molecule has 5 atom stereocenters. The van der Waals surface area contributed by atoms with Crippen LogP contribution >= 0.6 is 0 Å². The highest BCUT2D eigenvalue weighted by molar-refractivity contribution is 5.95. The first kappa shape index (κ1) is 44.3. The summed E-state index contributed by atoms with van der Waals surface area (Å²) in [4.78, 5) is 57.2. The zero-order valence-corrected chi connectivity index (χ0v) is 37.9. The number of hydrogen-bond acceptors (Lipinski definition) is 7. The minimum absolute atomic E-state index is 0.0138. The van der Waals surface area contributed by atoms with Gasteiger partial charge in [0.2, 0.25) is 5.91 Å². The van der Waals surface area contributed by atoms with Crippen molar-refractivity contribution in [1.29, 1.82) is 0 Å². The number of aromatic amines is 1. The van der Waals surface area contributed by atoms with E-state index >= 15 is 4.39 Å². The van der Waals surface area contributed by atoms with Crippen molar-refractivity contribution in [3.8, 4) is 11.8 Å². The van der Waals surface area contributed by atoms with Crippen LogP contribution in [0.2, 0.25) is 0 Å². The van der Waals surface area contributed by atoms with Gasteiger partial charge in [-0.3, -0.25) is 19.2 Å². The van der Waals surface area contributed by atoms with E-state index in [0.717, 1.165) is 63.6 Å². The van der Waals surface area contributed by atoms with Crippen molar-refractivity contribution in [2.24, 2.45) is 17.3 Å². The number of aliphatic hydroxyl groups is 1. The summed E-state index contributed by atoms with van der Waals surface area (Å²) in [6.07, 6.45) is 11.2. The van der Waals surface area contributed by atoms with E-state index in [1.807, 2.05) is 30.0 Å². The monoisotopic (exact) mass is 877 g/mol. The summed E-state index contributed by atoms with van der Waals surface area (Å²) < 4.78 is 15.1. The number of nitrogens with zero attached hydrogens (tertiary/aromatic N) is 4. The Balaban J connectivity index is 0.760. The van der Waals surface area contributed by atoms with Crippen molar-refractivity contribution < 1.29 is 23.9 Å². The second-order valence-electron chi connectivity index (χ2n) is 19.3. The molecular weight excluding hydrogens is 818 g/mol. The van der Waals surface area contributed by atoms with Crippen molar-refractivity contribution >= 4 is 34.1 Å². The van der Waals surface area contributed by atoms with E-state index in [1.54, 1.807) is 29.2 Å². The minimum atomic E-state index is -0.999. The third-order valence-corrected chi connectivity index (χ3v) is 15.7. The van der Waals surface area contributed by atoms with Crippen molar-refractivity contribution in [3.63, 3.8) is 0 Å². The molecule has 11 heteroatoms. The van der Waals surface area contributed by atoms with E-state index in [0.29, 0.717) is 85.7 Å². The Morgan fingerprint density at radius 1 is 0.938 bits per heavy atom. The SMILES string of the molecule is CC#C[C@]1(O)CC[C@H]2[C@@H]3CCC4=CC(=O)CCC4=C3[C@@H](c3ccc(N(C)CCCCCC(=O)N4CCN(C(=O)c5cc(Cc6n[nH]c(=O)c7ccccc67)ccc5F)CC4)cc3)C[C@@]21C. The van der Waals surface area contributed by atoms with Gasteiger partial charge in [0.05, 0.1) is 16.6 Å². The predicted octanol–water partition coefficient (Wildman–Crippen LogP) is 8.29. The average molecular weight is 878 g/mol. The van der Waals surface area contributed by atoms with Crippen LogP contribution < -0.4 is 10.5 Å². The Labute approximate surface area is 381 Å². The summed E-state index contributed by atoms with van der Waals surface area (Å²) in [6, 6.07) is 20.6. The summed E-state index contributed by atoms with van der Waals surface area (Å²) >= 11 is 0.